The van der Waals surface area contributed by atoms with E-state index < -0.39 is 0 Å². The number of hydrogen-bond donors (Lipinski definition) is 1. The summed E-state index contributed by atoms with van der Waals surface area (Å²) in [5, 5.41) is 0.492. The Kier molecular flexibility index (Phi) is 8.08. The van der Waals surface area contributed by atoms with Gasteiger partial charge in [-0.1, -0.05) is 23.8 Å². The minimum atomic E-state index is -0.144. The average molecular weight is 330 g/mol. The van der Waals surface area contributed by atoms with Crippen LogP contribution in [0.15, 0.2) is 18.2 Å². The molecule has 116 valence electrons. The number of rotatable bonds is 9. The van der Waals surface area contributed by atoms with Gasteiger partial charge in [0, 0.05) is 12.0 Å². The Morgan fingerprint density at radius 1 is 1.33 bits per heavy atom. The zero-order valence-corrected chi connectivity index (χ0v) is 13.6. The predicted molar refractivity (Wildman–Crippen MR) is 87.9 cm³/mol. The Hall–Kier alpha value is -1.33. The lowest BCUT2D eigenvalue weighted by molar-refractivity contribution is -0.143. The molecule has 0 saturated carbocycles. The molecule has 2 N–H and O–H groups in total. The van der Waals surface area contributed by atoms with Gasteiger partial charge in [-0.15, -0.1) is 0 Å². The van der Waals surface area contributed by atoms with Gasteiger partial charge in [-0.05, 0) is 44.4 Å². The van der Waals surface area contributed by atoms with Crippen molar-refractivity contribution in [1.29, 1.82) is 0 Å². The van der Waals surface area contributed by atoms with E-state index in [2.05, 4.69) is 0 Å². The Balaban J connectivity index is 2.24. The van der Waals surface area contributed by atoms with Crippen molar-refractivity contribution < 1.29 is 14.3 Å². The maximum Gasteiger partial charge on any atom is 0.305 e. The molecular weight excluding hydrogens is 310 g/mol. The van der Waals surface area contributed by atoms with Gasteiger partial charge in [-0.25, -0.2) is 0 Å². The fourth-order valence-electron chi connectivity index (χ4n) is 1.73. The standard InChI is InChI=1S/C15H20ClNO3S/c1-2-19-14(18)6-4-3-5-9-20-13-8-7-11(15(17)21)10-12(13)16/h7-8,10H,2-6,9H2,1H3,(H2,17,21). The lowest BCUT2D eigenvalue weighted by Crippen LogP contribution is -2.09. The molecule has 1 aromatic rings. The molecule has 0 aromatic heterocycles. The van der Waals surface area contributed by atoms with Crippen molar-refractivity contribution in [3.8, 4) is 5.75 Å². The van der Waals surface area contributed by atoms with Crippen LogP contribution in [0.4, 0.5) is 0 Å². The Morgan fingerprint density at radius 2 is 2.10 bits per heavy atom. The number of thiocarbonyl (C=S) groups is 1. The molecule has 1 aromatic carbocycles. The minimum absolute atomic E-state index is 0.144. The molecule has 0 spiro atoms. The quantitative estimate of drug-likeness (QED) is 0.427. The van der Waals surface area contributed by atoms with Gasteiger partial charge in [0.05, 0.1) is 18.2 Å². The Labute approximate surface area is 135 Å². The monoisotopic (exact) mass is 329 g/mol. The van der Waals surface area contributed by atoms with Crippen molar-refractivity contribution in [3.63, 3.8) is 0 Å². The third-order valence-corrected chi connectivity index (χ3v) is 3.34. The summed E-state index contributed by atoms with van der Waals surface area (Å²) < 4.78 is 10.4. The average Bonchev–Trinajstić information content (AvgIpc) is 2.44. The molecule has 0 bridgehead atoms. The van der Waals surface area contributed by atoms with E-state index in [-0.39, 0.29) is 5.97 Å². The largest absolute Gasteiger partial charge is 0.492 e. The van der Waals surface area contributed by atoms with Crippen LogP contribution in [0.1, 0.15) is 38.2 Å². The second-order valence-corrected chi connectivity index (χ2v) is 5.32. The SMILES string of the molecule is CCOC(=O)CCCCCOc1ccc(C(N)=S)cc1Cl. The third-order valence-electron chi connectivity index (χ3n) is 2.80. The fourth-order valence-corrected chi connectivity index (χ4v) is 2.10. The van der Waals surface area contributed by atoms with E-state index in [0.29, 0.717) is 35.4 Å². The lowest BCUT2D eigenvalue weighted by atomic mass is 10.2. The number of esters is 1. The number of benzene rings is 1. The topological polar surface area (TPSA) is 61.5 Å². The summed E-state index contributed by atoms with van der Waals surface area (Å²) in [6.07, 6.45) is 3.02. The Bertz CT molecular complexity index is 494. The molecule has 0 fully saturated rings. The van der Waals surface area contributed by atoms with Crippen LogP contribution < -0.4 is 10.5 Å². The first-order chi connectivity index (χ1) is 10.0. The molecule has 0 aliphatic heterocycles. The van der Waals surface area contributed by atoms with Crippen LogP contribution in [0.5, 0.6) is 5.75 Å². The number of hydrogen-bond acceptors (Lipinski definition) is 4. The molecule has 4 nitrogen and oxygen atoms in total. The van der Waals surface area contributed by atoms with Gasteiger partial charge in [0.25, 0.3) is 0 Å². The predicted octanol–water partition coefficient (Wildman–Crippen LogP) is 3.48. The van der Waals surface area contributed by atoms with Crippen molar-refractivity contribution in [2.24, 2.45) is 5.73 Å². The molecule has 1 rings (SSSR count). The summed E-state index contributed by atoms with van der Waals surface area (Å²) >= 11 is 11.0. The van der Waals surface area contributed by atoms with Crippen molar-refractivity contribution in [2.75, 3.05) is 13.2 Å². The number of unbranched alkanes of at least 4 members (excludes halogenated alkanes) is 2. The normalized spacial score (nSPS) is 10.2. The smallest absolute Gasteiger partial charge is 0.305 e. The molecule has 0 aliphatic carbocycles. The molecule has 0 amide bonds. The highest BCUT2D eigenvalue weighted by atomic mass is 35.5. The van der Waals surface area contributed by atoms with Crippen molar-refractivity contribution in [2.45, 2.75) is 32.6 Å². The molecule has 0 radical (unpaired) electrons. The first-order valence-corrected chi connectivity index (χ1v) is 7.71. The van der Waals surface area contributed by atoms with Crippen LogP contribution in [-0.2, 0) is 9.53 Å². The summed E-state index contributed by atoms with van der Waals surface area (Å²) in [6.45, 7) is 2.79. The van der Waals surface area contributed by atoms with E-state index in [0.717, 1.165) is 24.8 Å². The highest BCUT2D eigenvalue weighted by molar-refractivity contribution is 7.80. The van der Waals surface area contributed by atoms with Gasteiger partial charge in [0.15, 0.2) is 0 Å². The number of nitrogens with two attached hydrogens (primary N) is 1. The molecule has 0 atom stereocenters. The first-order valence-electron chi connectivity index (χ1n) is 6.92. The van der Waals surface area contributed by atoms with E-state index in [1.54, 1.807) is 25.1 Å². The minimum Gasteiger partial charge on any atom is -0.492 e. The maximum atomic E-state index is 11.1. The van der Waals surface area contributed by atoms with Gasteiger partial charge < -0.3 is 15.2 Å². The molecule has 0 aliphatic rings. The molecule has 0 saturated heterocycles. The van der Waals surface area contributed by atoms with Crippen LogP contribution in [0.3, 0.4) is 0 Å². The zero-order chi connectivity index (χ0) is 15.7. The third kappa shape index (κ3) is 6.78. The van der Waals surface area contributed by atoms with E-state index in [4.69, 9.17) is 39.0 Å². The van der Waals surface area contributed by atoms with Crippen molar-refractivity contribution >= 4 is 34.8 Å². The van der Waals surface area contributed by atoms with E-state index in [9.17, 15) is 4.79 Å². The van der Waals surface area contributed by atoms with Crippen molar-refractivity contribution in [1.82, 2.24) is 0 Å². The summed E-state index contributed by atoms with van der Waals surface area (Å²) in [4.78, 5) is 11.4. The second kappa shape index (κ2) is 9.58. The molecular formula is C15H20ClNO3S. The van der Waals surface area contributed by atoms with Gasteiger partial charge in [-0.3, -0.25) is 4.79 Å². The number of halogens is 1. The number of carbonyl (C=O) groups is 1. The lowest BCUT2D eigenvalue weighted by Gasteiger charge is -2.09. The molecule has 6 heteroatoms. The van der Waals surface area contributed by atoms with Gasteiger partial charge in [0.1, 0.15) is 10.7 Å². The summed E-state index contributed by atoms with van der Waals surface area (Å²) in [5.74, 6) is 0.469. The van der Waals surface area contributed by atoms with Gasteiger partial charge >= 0.3 is 5.97 Å². The van der Waals surface area contributed by atoms with Crippen LogP contribution in [0.25, 0.3) is 0 Å². The maximum absolute atomic E-state index is 11.1. The van der Waals surface area contributed by atoms with Gasteiger partial charge in [0.2, 0.25) is 0 Å². The van der Waals surface area contributed by atoms with Crippen molar-refractivity contribution in [3.05, 3.63) is 28.8 Å². The number of carbonyl (C=O) groups excluding carboxylic acids is 1. The van der Waals surface area contributed by atoms with Crippen LogP contribution in [0.2, 0.25) is 5.02 Å². The first kappa shape index (κ1) is 17.7. The number of ether oxygens (including phenoxy) is 2. The van der Waals surface area contributed by atoms with Crippen LogP contribution in [-0.4, -0.2) is 24.2 Å². The summed E-state index contributed by atoms with van der Waals surface area (Å²) in [7, 11) is 0. The summed E-state index contributed by atoms with van der Waals surface area (Å²) in [5.41, 5.74) is 6.25. The zero-order valence-electron chi connectivity index (χ0n) is 12.1. The highest BCUT2D eigenvalue weighted by Crippen LogP contribution is 2.25. The Morgan fingerprint density at radius 3 is 2.71 bits per heavy atom. The molecule has 0 unspecified atom stereocenters. The molecule has 21 heavy (non-hydrogen) atoms. The second-order valence-electron chi connectivity index (χ2n) is 4.47. The van der Waals surface area contributed by atoms with E-state index in [1.165, 1.54) is 0 Å². The van der Waals surface area contributed by atoms with E-state index >= 15 is 0 Å². The summed E-state index contributed by atoms with van der Waals surface area (Å²) in [6, 6.07) is 5.24. The van der Waals surface area contributed by atoms with Crippen LogP contribution in [0, 0.1) is 0 Å². The van der Waals surface area contributed by atoms with E-state index in [1.807, 2.05) is 0 Å². The van der Waals surface area contributed by atoms with Crippen LogP contribution >= 0.6 is 23.8 Å². The fraction of sp³-hybridized carbons (Fsp3) is 0.467. The highest BCUT2D eigenvalue weighted by Gasteiger charge is 2.05. The van der Waals surface area contributed by atoms with Gasteiger partial charge in [-0.2, -0.15) is 0 Å². The molecule has 0 heterocycles.